The van der Waals surface area contributed by atoms with Gasteiger partial charge in [0.1, 0.15) is 0 Å². The highest BCUT2D eigenvalue weighted by atomic mass is 32.1. The monoisotopic (exact) mass is 324 g/mol. The number of likely N-dealkylation sites (N-methyl/N-ethyl adjacent to an activating group) is 1. The number of nitrogens with one attached hydrogen (secondary N) is 1. The van der Waals surface area contributed by atoms with Gasteiger partial charge in [-0.3, -0.25) is 9.69 Å². The summed E-state index contributed by atoms with van der Waals surface area (Å²) in [6.45, 7) is 5.17. The Morgan fingerprint density at radius 2 is 2.09 bits per heavy atom. The second-order valence-electron chi connectivity index (χ2n) is 4.94. The van der Waals surface area contributed by atoms with Crippen LogP contribution in [0.2, 0.25) is 0 Å². The summed E-state index contributed by atoms with van der Waals surface area (Å²) < 4.78 is 26.1. The summed E-state index contributed by atoms with van der Waals surface area (Å²) in [7, 11) is 0. The number of carbonyl (C=O) groups is 1. The van der Waals surface area contributed by atoms with Gasteiger partial charge in [-0.1, -0.05) is 13.0 Å². The molecule has 0 bridgehead atoms. The second-order valence-corrected chi connectivity index (χ2v) is 5.97. The molecule has 22 heavy (non-hydrogen) atoms. The quantitative estimate of drug-likeness (QED) is 0.875. The molecule has 0 saturated heterocycles. The average Bonchev–Trinajstić information content (AvgIpc) is 3.01. The Hall–Kier alpha value is -1.79. The second kappa shape index (κ2) is 7.47. The van der Waals surface area contributed by atoms with E-state index in [4.69, 9.17) is 0 Å². The van der Waals surface area contributed by atoms with Crippen LogP contribution in [0, 0.1) is 11.6 Å². The van der Waals surface area contributed by atoms with Crippen molar-refractivity contribution in [1.29, 1.82) is 0 Å². The van der Waals surface area contributed by atoms with Crippen molar-refractivity contribution in [1.82, 2.24) is 4.90 Å². The van der Waals surface area contributed by atoms with Crippen LogP contribution in [-0.2, 0) is 11.3 Å². The molecule has 1 N–H and O–H groups in total. The van der Waals surface area contributed by atoms with E-state index in [1.165, 1.54) is 10.9 Å². The van der Waals surface area contributed by atoms with Gasteiger partial charge in [0, 0.05) is 23.2 Å². The molecule has 1 aromatic heterocycles. The fourth-order valence-corrected chi connectivity index (χ4v) is 2.84. The third-order valence-electron chi connectivity index (χ3n) is 3.46. The molecule has 118 valence electrons. The van der Waals surface area contributed by atoms with Crippen LogP contribution in [0.3, 0.4) is 0 Å². The largest absolute Gasteiger partial charge is 0.325 e. The molecule has 0 aliphatic carbocycles. The first kappa shape index (κ1) is 16.6. The molecule has 1 aromatic carbocycles. The van der Waals surface area contributed by atoms with Crippen molar-refractivity contribution in [2.45, 2.75) is 26.4 Å². The lowest BCUT2D eigenvalue weighted by Crippen LogP contribution is -2.41. The number of anilines is 1. The molecule has 0 fully saturated rings. The van der Waals surface area contributed by atoms with Crippen molar-refractivity contribution in [2.24, 2.45) is 0 Å². The van der Waals surface area contributed by atoms with Crippen LogP contribution in [0.25, 0.3) is 0 Å². The van der Waals surface area contributed by atoms with E-state index in [1.54, 1.807) is 18.3 Å². The van der Waals surface area contributed by atoms with E-state index < -0.39 is 11.6 Å². The standard InChI is InChI=1S/C16H18F2N2OS/c1-3-20(10-13-5-4-8-22-13)11(2)16(21)19-12-6-7-14(17)15(18)9-12/h4-9,11H,3,10H2,1-2H3,(H,19,21). The van der Waals surface area contributed by atoms with Gasteiger partial charge in [-0.15, -0.1) is 11.3 Å². The van der Waals surface area contributed by atoms with Crippen LogP contribution in [0.4, 0.5) is 14.5 Å². The third-order valence-corrected chi connectivity index (χ3v) is 4.32. The fourth-order valence-electron chi connectivity index (χ4n) is 2.11. The van der Waals surface area contributed by atoms with E-state index >= 15 is 0 Å². The van der Waals surface area contributed by atoms with Gasteiger partial charge in [-0.25, -0.2) is 8.78 Å². The molecule has 0 aliphatic heterocycles. The lowest BCUT2D eigenvalue weighted by atomic mass is 10.2. The number of thiophene rings is 1. The van der Waals surface area contributed by atoms with Crippen molar-refractivity contribution in [2.75, 3.05) is 11.9 Å². The maximum atomic E-state index is 13.2. The minimum absolute atomic E-state index is 0.246. The summed E-state index contributed by atoms with van der Waals surface area (Å²) in [5, 5.41) is 4.62. The fraction of sp³-hybridized carbons (Fsp3) is 0.312. The number of amides is 1. The summed E-state index contributed by atoms with van der Waals surface area (Å²) in [6, 6.07) is 6.94. The van der Waals surface area contributed by atoms with E-state index in [0.717, 1.165) is 12.1 Å². The minimum Gasteiger partial charge on any atom is -0.325 e. The number of hydrogen-bond donors (Lipinski definition) is 1. The summed E-state index contributed by atoms with van der Waals surface area (Å²) in [5.74, 6) is -2.15. The predicted octanol–water partition coefficient (Wildman–Crippen LogP) is 3.88. The van der Waals surface area contributed by atoms with Crippen molar-refractivity contribution >= 4 is 22.9 Å². The summed E-state index contributed by atoms with van der Waals surface area (Å²) in [6.07, 6.45) is 0. The SMILES string of the molecule is CCN(Cc1cccs1)C(C)C(=O)Nc1ccc(F)c(F)c1. The lowest BCUT2D eigenvalue weighted by Gasteiger charge is -2.26. The van der Waals surface area contributed by atoms with Crippen molar-refractivity contribution < 1.29 is 13.6 Å². The maximum Gasteiger partial charge on any atom is 0.241 e. The average molecular weight is 324 g/mol. The number of nitrogens with zero attached hydrogens (tertiary/aromatic N) is 1. The van der Waals surface area contributed by atoms with Crippen LogP contribution in [0.5, 0.6) is 0 Å². The van der Waals surface area contributed by atoms with Gasteiger partial charge in [0.15, 0.2) is 11.6 Å². The van der Waals surface area contributed by atoms with Gasteiger partial charge in [0.25, 0.3) is 0 Å². The number of rotatable bonds is 6. The van der Waals surface area contributed by atoms with Gasteiger partial charge in [0.2, 0.25) is 5.91 Å². The first-order valence-electron chi connectivity index (χ1n) is 7.03. The molecule has 1 heterocycles. The number of halogens is 2. The van der Waals surface area contributed by atoms with Crippen molar-refractivity contribution in [3.63, 3.8) is 0 Å². The van der Waals surface area contributed by atoms with Crippen molar-refractivity contribution in [3.05, 3.63) is 52.2 Å². The van der Waals surface area contributed by atoms with Crippen LogP contribution in [0.15, 0.2) is 35.7 Å². The predicted molar refractivity (Wildman–Crippen MR) is 84.9 cm³/mol. The Balaban J connectivity index is 2.01. The van der Waals surface area contributed by atoms with E-state index in [0.29, 0.717) is 13.1 Å². The Kier molecular flexibility index (Phi) is 5.63. The zero-order valence-corrected chi connectivity index (χ0v) is 13.3. The van der Waals surface area contributed by atoms with Gasteiger partial charge >= 0.3 is 0 Å². The molecule has 1 amide bonds. The molecular formula is C16H18F2N2OS. The molecule has 0 saturated carbocycles. The van der Waals surface area contributed by atoms with E-state index in [9.17, 15) is 13.6 Å². The molecule has 0 radical (unpaired) electrons. The number of carbonyl (C=O) groups excluding carboxylic acids is 1. The van der Waals surface area contributed by atoms with Crippen LogP contribution >= 0.6 is 11.3 Å². The van der Waals surface area contributed by atoms with Crippen LogP contribution in [0.1, 0.15) is 18.7 Å². The van der Waals surface area contributed by atoms with Gasteiger partial charge in [-0.05, 0) is 37.0 Å². The number of hydrogen-bond acceptors (Lipinski definition) is 3. The third kappa shape index (κ3) is 4.11. The van der Waals surface area contributed by atoms with E-state index in [1.807, 2.05) is 29.3 Å². The molecule has 1 unspecified atom stereocenters. The normalized spacial score (nSPS) is 12.4. The minimum atomic E-state index is -0.976. The smallest absolute Gasteiger partial charge is 0.241 e. The first-order chi connectivity index (χ1) is 10.5. The molecule has 0 aliphatic rings. The molecule has 6 heteroatoms. The Labute approximate surface area is 132 Å². The zero-order valence-electron chi connectivity index (χ0n) is 12.5. The first-order valence-corrected chi connectivity index (χ1v) is 7.91. The molecule has 1 atom stereocenters. The Morgan fingerprint density at radius 1 is 1.32 bits per heavy atom. The summed E-state index contributed by atoms with van der Waals surface area (Å²) in [4.78, 5) is 15.5. The lowest BCUT2D eigenvalue weighted by molar-refractivity contribution is -0.120. The molecule has 3 nitrogen and oxygen atoms in total. The Morgan fingerprint density at radius 3 is 2.68 bits per heavy atom. The van der Waals surface area contributed by atoms with Crippen molar-refractivity contribution in [3.8, 4) is 0 Å². The molecule has 2 aromatic rings. The highest BCUT2D eigenvalue weighted by Crippen LogP contribution is 2.16. The van der Waals surface area contributed by atoms with Gasteiger partial charge in [-0.2, -0.15) is 0 Å². The van der Waals surface area contributed by atoms with E-state index in [-0.39, 0.29) is 17.6 Å². The van der Waals surface area contributed by atoms with Crippen LogP contribution < -0.4 is 5.32 Å². The van der Waals surface area contributed by atoms with E-state index in [2.05, 4.69) is 5.32 Å². The highest BCUT2D eigenvalue weighted by Gasteiger charge is 2.21. The topological polar surface area (TPSA) is 32.3 Å². The van der Waals surface area contributed by atoms with Gasteiger partial charge in [0.05, 0.1) is 6.04 Å². The zero-order chi connectivity index (χ0) is 16.1. The molecule has 2 rings (SSSR count). The van der Waals surface area contributed by atoms with Gasteiger partial charge < -0.3 is 5.32 Å². The maximum absolute atomic E-state index is 13.2. The Bertz CT molecular complexity index is 631. The van der Waals surface area contributed by atoms with Crippen LogP contribution in [-0.4, -0.2) is 23.4 Å². The molecule has 0 spiro atoms. The molecular weight excluding hydrogens is 306 g/mol. The summed E-state index contributed by atoms with van der Waals surface area (Å²) in [5.41, 5.74) is 0.253. The number of benzene rings is 1. The highest BCUT2D eigenvalue weighted by molar-refractivity contribution is 7.09. The summed E-state index contributed by atoms with van der Waals surface area (Å²) >= 11 is 1.64.